The fraction of sp³-hybridized carbons (Fsp3) is 0.100. The van der Waals surface area contributed by atoms with Gasteiger partial charge in [0.1, 0.15) is 10.7 Å². The number of hydrogen-bond donors (Lipinski definition) is 2. The molecule has 134 valence electrons. The molecule has 0 atom stereocenters. The second kappa shape index (κ2) is 8.36. The van der Waals surface area contributed by atoms with Crippen molar-refractivity contribution >= 4 is 30.2 Å². The van der Waals surface area contributed by atoms with Crippen molar-refractivity contribution in [3.05, 3.63) is 97.1 Å². The molecule has 0 spiro atoms. The third kappa shape index (κ3) is 4.52. The summed E-state index contributed by atoms with van der Waals surface area (Å²) >= 11 is 0. The highest BCUT2D eigenvalue weighted by Crippen LogP contribution is 2.12. The summed E-state index contributed by atoms with van der Waals surface area (Å²) in [6.45, 7) is 0. The van der Waals surface area contributed by atoms with Crippen molar-refractivity contribution in [2.75, 3.05) is 19.0 Å². The molecule has 6 heteroatoms. The van der Waals surface area contributed by atoms with Crippen LogP contribution in [0, 0.1) is 0 Å². The molecule has 0 aliphatic rings. The van der Waals surface area contributed by atoms with Crippen molar-refractivity contribution in [1.82, 2.24) is 9.97 Å². The van der Waals surface area contributed by atoms with Crippen LogP contribution in [-0.4, -0.2) is 24.1 Å². The van der Waals surface area contributed by atoms with Crippen LogP contribution in [0.3, 0.4) is 0 Å². The van der Waals surface area contributed by atoms with Gasteiger partial charge >= 0.3 is 0 Å². The summed E-state index contributed by atoms with van der Waals surface area (Å²) in [5.74, 6) is 0. The number of hydrogen-bond acceptors (Lipinski definition) is 3. The van der Waals surface area contributed by atoms with Crippen LogP contribution < -0.4 is 26.7 Å². The molecule has 5 nitrogen and oxygen atoms in total. The van der Waals surface area contributed by atoms with Gasteiger partial charge in [-0.3, -0.25) is 9.59 Å². The van der Waals surface area contributed by atoms with Crippen LogP contribution in [0.1, 0.15) is 11.1 Å². The van der Waals surface area contributed by atoms with E-state index in [1.807, 2.05) is 73.6 Å². The first-order chi connectivity index (χ1) is 12.0. The average molecular weight is 370 g/mol. The third-order valence-electron chi connectivity index (χ3n) is 3.82. The van der Waals surface area contributed by atoms with E-state index in [1.165, 1.54) is 0 Å². The minimum Gasteiger partial charge on any atom is -0.378 e. The highest BCUT2D eigenvalue weighted by molar-refractivity contribution is 5.85. The van der Waals surface area contributed by atoms with Gasteiger partial charge in [-0.25, -0.2) is 0 Å². The van der Waals surface area contributed by atoms with Crippen LogP contribution in [0.4, 0.5) is 5.69 Å². The van der Waals surface area contributed by atoms with E-state index in [-0.39, 0.29) is 34.2 Å². The Morgan fingerprint density at radius 3 is 1.65 bits per heavy atom. The summed E-state index contributed by atoms with van der Waals surface area (Å²) in [7, 11) is 3.92. The van der Waals surface area contributed by atoms with Crippen LogP contribution >= 0.6 is 12.4 Å². The van der Waals surface area contributed by atoms with Gasteiger partial charge in [-0.05, 0) is 35.4 Å². The number of nitrogens with zero attached hydrogens (tertiary/aromatic N) is 1. The number of nitrogens with one attached hydrogen (secondary N) is 2. The van der Waals surface area contributed by atoms with Crippen LogP contribution in [0.15, 0.2) is 64.2 Å². The highest BCUT2D eigenvalue weighted by atomic mass is 35.5. The molecule has 0 aliphatic carbocycles. The fourth-order valence-electron chi connectivity index (χ4n) is 2.45. The van der Waals surface area contributed by atoms with Crippen molar-refractivity contribution in [2.45, 2.75) is 0 Å². The molecular weight excluding hydrogens is 350 g/mol. The Kier molecular flexibility index (Phi) is 6.20. The average Bonchev–Trinajstić information content (AvgIpc) is 2.60. The smallest absolute Gasteiger partial charge is 0.272 e. The van der Waals surface area contributed by atoms with Crippen LogP contribution in [0.25, 0.3) is 12.2 Å². The molecule has 0 saturated heterocycles. The summed E-state index contributed by atoms with van der Waals surface area (Å²) in [6, 6.07) is 17.1. The summed E-state index contributed by atoms with van der Waals surface area (Å²) in [5.41, 5.74) is 2.08. The lowest BCUT2D eigenvalue weighted by atomic mass is 10.2. The van der Waals surface area contributed by atoms with E-state index in [2.05, 4.69) is 9.97 Å². The minimum absolute atomic E-state index is 0. The first kappa shape index (κ1) is 19.3. The van der Waals surface area contributed by atoms with E-state index in [0.717, 1.165) is 16.8 Å². The van der Waals surface area contributed by atoms with Gasteiger partial charge in [-0.1, -0.05) is 42.5 Å². The lowest BCUT2D eigenvalue weighted by Crippen LogP contribution is -2.46. The van der Waals surface area contributed by atoms with Crippen LogP contribution in [0.2, 0.25) is 0 Å². The molecule has 2 aromatic carbocycles. The van der Waals surface area contributed by atoms with E-state index < -0.39 is 0 Å². The van der Waals surface area contributed by atoms with Crippen LogP contribution in [-0.2, 0) is 0 Å². The van der Waals surface area contributed by atoms with E-state index in [9.17, 15) is 9.59 Å². The quantitative estimate of drug-likeness (QED) is 0.729. The van der Waals surface area contributed by atoms with Crippen molar-refractivity contribution in [3.63, 3.8) is 0 Å². The maximum atomic E-state index is 12.3. The Morgan fingerprint density at radius 2 is 1.19 bits per heavy atom. The van der Waals surface area contributed by atoms with Gasteiger partial charge in [-0.2, -0.15) is 0 Å². The molecule has 3 rings (SSSR count). The number of benzene rings is 2. The lowest BCUT2D eigenvalue weighted by molar-refractivity contribution is 1.00. The van der Waals surface area contributed by atoms with Gasteiger partial charge < -0.3 is 14.9 Å². The van der Waals surface area contributed by atoms with Crippen molar-refractivity contribution in [3.8, 4) is 0 Å². The molecule has 0 aliphatic heterocycles. The molecule has 0 bridgehead atoms. The normalized spacial score (nSPS) is 11.9. The maximum absolute atomic E-state index is 12.3. The second-order valence-electron chi connectivity index (χ2n) is 5.92. The van der Waals surface area contributed by atoms with Crippen molar-refractivity contribution in [1.29, 1.82) is 0 Å². The Bertz CT molecular complexity index is 1100. The Labute approximate surface area is 156 Å². The predicted molar refractivity (Wildman–Crippen MR) is 109 cm³/mol. The predicted octanol–water partition coefficient (Wildman–Crippen LogP) is 1.21. The molecule has 0 fully saturated rings. The molecule has 2 N–H and O–H groups in total. The Morgan fingerprint density at radius 1 is 0.731 bits per heavy atom. The molecule has 26 heavy (non-hydrogen) atoms. The molecule has 0 radical (unpaired) electrons. The standard InChI is InChI=1S/C20H19N3O2.ClH/c1-23(2)16-10-8-15(9-11-16)13-18-20(25)21-17(19(24)22-18)12-14-6-4-3-5-7-14;/h3-13H,1-2H3,(H,21,25)(H,22,24);1H. The first-order valence-corrected chi connectivity index (χ1v) is 7.91. The van der Waals surface area contributed by atoms with Gasteiger partial charge in [-0.15, -0.1) is 12.4 Å². The molecular formula is C20H20ClN3O2. The first-order valence-electron chi connectivity index (χ1n) is 7.91. The molecule has 0 unspecified atom stereocenters. The maximum Gasteiger partial charge on any atom is 0.272 e. The second-order valence-corrected chi connectivity index (χ2v) is 5.92. The van der Waals surface area contributed by atoms with Gasteiger partial charge in [0.15, 0.2) is 0 Å². The van der Waals surface area contributed by atoms with E-state index in [4.69, 9.17) is 0 Å². The summed E-state index contributed by atoms with van der Waals surface area (Å²) < 4.78 is 0. The lowest BCUT2D eigenvalue weighted by Gasteiger charge is -2.11. The number of rotatable bonds is 3. The highest BCUT2D eigenvalue weighted by Gasteiger charge is 1.98. The summed E-state index contributed by atoms with van der Waals surface area (Å²) in [5, 5.41) is 0.462. The van der Waals surface area contributed by atoms with Gasteiger partial charge in [0.2, 0.25) is 0 Å². The van der Waals surface area contributed by atoms with Gasteiger partial charge in [0.05, 0.1) is 0 Å². The van der Waals surface area contributed by atoms with Crippen LogP contribution in [0.5, 0.6) is 0 Å². The third-order valence-corrected chi connectivity index (χ3v) is 3.82. The Hall–Kier alpha value is -3.05. The van der Waals surface area contributed by atoms with Crippen molar-refractivity contribution < 1.29 is 0 Å². The zero-order valence-corrected chi connectivity index (χ0v) is 15.3. The van der Waals surface area contributed by atoms with Gasteiger partial charge in [0, 0.05) is 19.8 Å². The molecule has 1 aromatic heterocycles. The molecule has 0 saturated carbocycles. The van der Waals surface area contributed by atoms with E-state index in [0.29, 0.717) is 0 Å². The fourth-order valence-corrected chi connectivity index (χ4v) is 2.45. The van der Waals surface area contributed by atoms with E-state index in [1.54, 1.807) is 12.2 Å². The number of halogens is 1. The number of H-pyrrole nitrogens is 2. The molecule has 0 amide bonds. The number of aromatic amines is 2. The number of anilines is 1. The zero-order valence-electron chi connectivity index (χ0n) is 14.5. The minimum atomic E-state index is -0.335. The molecule has 3 aromatic rings. The SMILES string of the molecule is CN(C)c1ccc(C=c2[nH]c(=O)c(=Cc3ccccc3)[nH]c2=O)cc1.Cl. The van der Waals surface area contributed by atoms with Crippen molar-refractivity contribution in [2.24, 2.45) is 0 Å². The molecule has 1 heterocycles. The van der Waals surface area contributed by atoms with E-state index >= 15 is 0 Å². The summed E-state index contributed by atoms with van der Waals surface area (Å²) in [6.07, 6.45) is 3.31. The monoisotopic (exact) mass is 369 g/mol. The van der Waals surface area contributed by atoms with Gasteiger partial charge in [0.25, 0.3) is 11.1 Å². The summed E-state index contributed by atoms with van der Waals surface area (Å²) in [4.78, 5) is 31.8. The topological polar surface area (TPSA) is 69.0 Å². The largest absolute Gasteiger partial charge is 0.378 e. The Balaban J connectivity index is 0.00000243. The number of aromatic nitrogens is 2. The zero-order chi connectivity index (χ0) is 17.8.